The van der Waals surface area contributed by atoms with Crippen LogP contribution in [0.5, 0.6) is 0 Å². The first-order chi connectivity index (χ1) is 13.6. The summed E-state index contributed by atoms with van der Waals surface area (Å²) in [7, 11) is 1.67. The lowest BCUT2D eigenvalue weighted by molar-refractivity contribution is 0.0106. The number of hydrogen-bond acceptors (Lipinski definition) is 6. The van der Waals surface area contributed by atoms with E-state index in [2.05, 4.69) is 9.88 Å². The molecule has 1 aliphatic rings. The van der Waals surface area contributed by atoms with Gasteiger partial charge in [0.05, 0.1) is 30.2 Å². The number of fused-ring (bicyclic) bond motifs is 1. The number of aromatic nitrogens is 3. The molecule has 160 valence electrons. The zero-order valence-corrected chi connectivity index (χ0v) is 18.0. The molecule has 1 amide bonds. The van der Waals surface area contributed by atoms with Crippen molar-refractivity contribution >= 4 is 17.4 Å². The maximum absolute atomic E-state index is 12.7. The van der Waals surface area contributed by atoms with Gasteiger partial charge in [0.1, 0.15) is 5.60 Å². The van der Waals surface area contributed by atoms with E-state index in [1.54, 1.807) is 28.7 Å². The van der Waals surface area contributed by atoms with Gasteiger partial charge in [0.25, 0.3) is 5.56 Å². The Morgan fingerprint density at radius 1 is 1.34 bits per heavy atom. The minimum Gasteiger partial charge on any atom is -0.444 e. The van der Waals surface area contributed by atoms with E-state index in [9.17, 15) is 14.7 Å². The van der Waals surface area contributed by atoms with E-state index >= 15 is 0 Å². The third kappa shape index (κ3) is 4.10. The van der Waals surface area contributed by atoms with Crippen LogP contribution in [0.1, 0.15) is 46.7 Å². The number of ether oxygens (including phenoxy) is 1. The predicted molar refractivity (Wildman–Crippen MR) is 110 cm³/mol. The molecule has 1 N–H and O–H groups in total. The molecule has 9 heteroatoms. The number of piperazine rings is 1. The maximum atomic E-state index is 12.7. The highest BCUT2D eigenvalue weighted by Gasteiger charge is 2.37. The van der Waals surface area contributed by atoms with Gasteiger partial charge in [-0.3, -0.25) is 4.79 Å². The second-order valence-corrected chi connectivity index (χ2v) is 8.65. The molecular weight excluding hydrogens is 374 g/mol. The minimum atomic E-state index is -0.551. The van der Waals surface area contributed by atoms with Crippen molar-refractivity contribution in [2.24, 2.45) is 7.05 Å². The predicted octanol–water partition coefficient (Wildman–Crippen LogP) is 1.75. The molecule has 0 spiro atoms. The van der Waals surface area contributed by atoms with Crippen LogP contribution in [0.4, 0.5) is 10.5 Å². The smallest absolute Gasteiger partial charge is 0.410 e. The summed E-state index contributed by atoms with van der Waals surface area (Å²) >= 11 is 0. The summed E-state index contributed by atoms with van der Waals surface area (Å²) in [6, 6.07) is 1.50. The van der Waals surface area contributed by atoms with Crippen molar-refractivity contribution in [1.82, 2.24) is 19.1 Å². The fourth-order valence-electron chi connectivity index (χ4n) is 3.76. The van der Waals surface area contributed by atoms with E-state index in [0.717, 1.165) is 6.42 Å². The monoisotopic (exact) mass is 405 g/mol. The lowest BCUT2D eigenvalue weighted by Gasteiger charge is -2.46. The number of rotatable bonds is 3. The molecule has 3 heterocycles. The number of aryl methyl sites for hydroxylation is 1. The van der Waals surface area contributed by atoms with Crippen LogP contribution >= 0.6 is 0 Å². The van der Waals surface area contributed by atoms with Crippen molar-refractivity contribution < 1.29 is 14.6 Å². The summed E-state index contributed by atoms with van der Waals surface area (Å²) in [6.07, 6.45) is 2.12. The molecule has 29 heavy (non-hydrogen) atoms. The van der Waals surface area contributed by atoms with Gasteiger partial charge < -0.3 is 19.6 Å². The maximum Gasteiger partial charge on any atom is 0.410 e. The third-order valence-corrected chi connectivity index (χ3v) is 5.28. The molecule has 0 aliphatic carbocycles. The number of hydrogen-bond donors (Lipinski definition) is 1. The number of carbonyl (C=O) groups is 1. The van der Waals surface area contributed by atoms with E-state index in [1.165, 1.54) is 4.68 Å². The Balaban J connectivity index is 1.97. The number of nitrogens with zero attached hydrogens (tertiary/aromatic N) is 5. The van der Waals surface area contributed by atoms with E-state index in [0.29, 0.717) is 30.1 Å². The van der Waals surface area contributed by atoms with Gasteiger partial charge in [-0.25, -0.2) is 19.0 Å². The fourth-order valence-corrected chi connectivity index (χ4v) is 3.76. The Morgan fingerprint density at radius 2 is 2.03 bits per heavy atom. The fraction of sp³-hybridized carbons (Fsp3) is 0.650. The highest BCUT2D eigenvalue weighted by molar-refractivity contribution is 5.72. The van der Waals surface area contributed by atoms with Crippen LogP contribution in [-0.4, -0.2) is 61.1 Å². The summed E-state index contributed by atoms with van der Waals surface area (Å²) in [5, 5.41) is 9.49. The van der Waals surface area contributed by atoms with Gasteiger partial charge in [-0.05, 0) is 34.1 Å². The lowest BCUT2D eigenvalue weighted by atomic mass is 10.0. The molecule has 1 fully saturated rings. The van der Waals surface area contributed by atoms with Crippen molar-refractivity contribution in [3.63, 3.8) is 0 Å². The van der Waals surface area contributed by atoms with Gasteiger partial charge in [0, 0.05) is 32.2 Å². The number of aliphatic hydroxyl groups excluding tert-OH is 1. The zero-order valence-electron chi connectivity index (χ0n) is 18.0. The molecule has 0 bridgehead atoms. The van der Waals surface area contributed by atoms with E-state index in [-0.39, 0.29) is 30.3 Å². The Labute approximate surface area is 170 Å². The molecule has 2 atom stereocenters. The molecule has 2 aromatic heterocycles. The van der Waals surface area contributed by atoms with Crippen molar-refractivity contribution in [1.29, 1.82) is 0 Å². The molecule has 1 saturated heterocycles. The number of carbonyl (C=O) groups excluding carboxylic acids is 1. The van der Waals surface area contributed by atoms with Gasteiger partial charge in [0.15, 0.2) is 5.65 Å². The largest absolute Gasteiger partial charge is 0.444 e. The number of imidazole rings is 1. The average Bonchev–Trinajstić information content (AvgIpc) is 3.08. The molecule has 0 radical (unpaired) electrons. The van der Waals surface area contributed by atoms with E-state index < -0.39 is 5.60 Å². The Kier molecular flexibility index (Phi) is 5.62. The van der Waals surface area contributed by atoms with Gasteiger partial charge in [-0.15, -0.1) is 0 Å². The van der Waals surface area contributed by atoms with Gasteiger partial charge in [-0.1, -0.05) is 6.92 Å². The zero-order chi connectivity index (χ0) is 21.5. The number of aliphatic hydroxyl groups is 1. The Morgan fingerprint density at radius 3 is 2.62 bits per heavy atom. The van der Waals surface area contributed by atoms with Crippen LogP contribution in [-0.2, 0) is 18.4 Å². The number of anilines is 1. The van der Waals surface area contributed by atoms with Gasteiger partial charge >= 0.3 is 6.09 Å². The first-order valence-electron chi connectivity index (χ1n) is 10.0. The van der Waals surface area contributed by atoms with Crippen molar-refractivity contribution in [3.8, 4) is 0 Å². The van der Waals surface area contributed by atoms with E-state index in [4.69, 9.17) is 4.74 Å². The van der Waals surface area contributed by atoms with Crippen LogP contribution in [0.25, 0.3) is 5.65 Å². The Bertz CT molecular complexity index is 958. The molecule has 3 rings (SSSR count). The number of amides is 1. The summed E-state index contributed by atoms with van der Waals surface area (Å²) in [5.74, 6) is 0. The van der Waals surface area contributed by atoms with Crippen molar-refractivity contribution in [2.45, 2.75) is 65.3 Å². The molecule has 9 nitrogen and oxygen atoms in total. The quantitative estimate of drug-likeness (QED) is 0.836. The van der Waals surface area contributed by atoms with Crippen LogP contribution in [0.2, 0.25) is 0 Å². The van der Waals surface area contributed by atoms with Crippen LogP contribution in [0.15, 0.2) is 17.1 Å². The molecule has 2 aromatic rings. The minimum absolute atomic E-state index is 0.0319. The molecular formula is C20H31N5O4. The first-order valence-corrected chi connectivity index (χ1v) is 10.0. The van der Waals surface area contributed by atoms with Crippen molar-refractivity contribution in [2.75, 3.05) is 18.0 Å². The topological polar surface area (TPSA) is 92.3 Å². The standard InChI is InChI=1S/C20H31N5O4/c1-7-15-11-23(13(2)9-24(15)19(28)29-20(3,4)5)16-8-17(27)22(6)25-10-14(12-26)21-18(16)25/h8,10,13,15,26H,7,9,11-12H2,1-6H3/t13-,15+/m0/s1. The second-order valence-electron chi connectivity index (χ2n) is 8.65. The Hall–Kier alpha value is -2.55. The highest BCUT2D eigenvalue weighted by Crippen LogP contribution is 2.28. The van der Waals surface area contributed by atoms with Crippen LogP contribution in [0.3, 0.4) is 0 Å². The average molecular weight is 405 g/mol. The normalized spacial score (nSPS) is 20.4. The van der Waals surface area contributed by atoms with Crippen LogP contribution < -0.4 is 10.5 Å². The second kappa shape index (κ2) is 7.70. The summed E-state index contributed by atoms with van der Waals surface area (Å²) in [4.78, 5) is 33.6. The van der Waals surface area contributed by atoms with Gasteiger partial charge in [0.2, 0.25) is 0 Å². The lowest BCUT2D eigenvalue weighted by Crippen LogP contribution is -2.60. The summed E-state index contributed by atoms with van der Waals surface area (Å²) < 4.78 is 8.72. The van der Waals surface area contributed by atoms with Crippen molar-refractivity contribution in [3.05, 3.63) is 28.3 Å². The first kappa shape index (κ1) is 21.2. The molecule has 0 unspecified atom stereocenters. The van der Waals surface area contributed by atoms with Gasteiger partial charge in [-0.2, -0.15) is 0 Å². The summed E-state index contributed by atoms with van der Waals surface area (Å²) in [6.45, 7) is 10.5. The van der Waals surface area contributed by atoms with Crippen LogP contribution in [0, 0.1) is 0 Å². The highest BCUT2D eigenvalue weighted by atomic mass is 16.6. The molecule has 0 aromatic carbocycles. The SMILES string of the molecule is CC[C@@H]1CN(c2cc(=O)n(C)n3cc(CO)nc23)[C@@H](C)CN1C(=O)OC(C)(C)C. The third-order valence-electron chi connectivity index (χ3n) is 5.28. The van der Waals surface area contributed by atoms with E-state index in [1.807, 2.05) is 34.6 Å². The molecule has 1 aliphatic heterocycles. The molecule has 0 saturated carbocycles. The summed E-state index contributed by atoms with van der Waals surface area (Å²) in [5.41, 5.74) is 1.11.